The minimum absolute atomic E-state index is 0.351. The van der Waals surface area contributed by atoms with Crippen molar-refractivity contribution in [1.82, 2.24) is 5.32 Å². The minimum Gasteiger partial charge on any atom is -0.450 e. The molecule has 1 amide bonds. The molecule has 0 aromatic rings. The first kappa shape index (κ1) is 8.99. The van der Waals surface area contributed by atoms with Crippen molar-refractivity contribution in [2.24, 2.45) is 0 Å². The molecule has 5 nitrogen and oxygen atoms in total. The van der Waals surface area contributed by atoms with Crippen molar-refractivity contribution in [3.8, 4) is 0 Å². The molecule has 5 heteroatoms. The first-order valence-electron chi connectivity index (χ1n) is 3.68. The number of hydrogen-bond acceptors (Lipinski definition) is 4. The second-order valence-corrected chi connectivity index (χ2v) is 2.81. The van der Waals surface area contributed by atoms with Crippen molar-refractivity contribution in [3.05, 3.63) is 0 Å². The minimum atomic E-state index is -0.817. The summed E-state index contributed by atoms with van der Waals surface area (Å²) in [5, 5.41) is 11.5. The second kappa shape index (κ2) is 3.10. The molecule has 1 fully saturated rings. The van der Waals surface area contributed by atoms with Gasteiger partial charge in [-0.15, -0.1) is 0 Å². The van der Waals surface area contributed by atoms with Crippen molar-refractivity contribution in [1.29, 1.82) is 0 Å². The molecule has 0 aromatic carbocycles. The number of carbonyl (C=O) groups is 2. The lowest BCUT2D eigenvalue weighted by Gasteiger charge is -2.37. The molecule has 1 aliphatic heterocycles. The van der Waals surface area contributed by atoms with Gasteiger partial charge < -0.3 is 15.2 Å². The van der Waals surface area contributed by atoms with Gasteiger partial charge in [0.25, 0.3) is 5.91 Å². The van der Waals surface area contributed by atoms with Gasteiger partial charge >= 0.3 is 5.97 Å². The van der Waals surface area contributed by atoms with Crippen LogP contribution in [-0.4, -0.2) is 35.2 Å². The number of hydrogen-bond donors (Lipinski definition) is 2. The zero-order valence-electron chi connectivity index (χ0n) is 6.90. The highest BCUT2D eigenvalue weighted by atomic mass is 16.6. The Morgan fingerprint density at radius 3 is 2.67 bits per heavy atom. The third-order valence-electron chi connectivity index (χ3n) is 1.71. The summed E-state index contributed by atoms with van der Waals surface area (Å²) < 4.78 is 4.66. The number of rotatable bonds is 2. The molecule has 0 spiro atoms. The number of ether oxygens (including phenoxy) is 1. The number of amides is 1. The van der Waals surface area contributed by atoms with Gasteiger partial charge in [0.2, 0.25) is 6.10 Å². The number of nitrogens with one attached hydrogen (secondary N) is 1. The quantitative estimate of drug-likeness (QED) is 0.406. The van der Waals surface area contributed by atoms with Gasteiger partial charge in [-0.2, -0.15) is 0 Å². The normalized spacial score (nSPS) is 30.1. The molecule has 1 rings (SSSR count). The van der Waals surface area contributed by atoms with Crippen LogP contribution >= 0.6 is 0 Å². The third kappa shape index (κ3) is 1.55. The maximum atomic E-state index is 10.8. The van der Waals surface area contributed by atoms with E-state index in [0.717, 1.165) is 0 Å². The molecule has 3 atom stereocenters. The first-order chi connectivity index (χ1) is 5.52. The van der Waals surface area contributed by atoms with Gasteiger partial charge in [0.1, 0.15) is 6.04 Å². The molecule has 0 saturated carbocycles. The SMILES string of the molecule is CC(=O)O[C@H]1C(=O)N[C@H]1[C@@H](C)O. The Morgan fingerprint density at radius 1 is 1.75 bits per heavy atom. The maximum absolute atomic E-state index is 10.8. The molecule has 1 aliphatic rings. The Bertz CT molecular complexity index is 213. The molecule has 0 aromatic heterocycles. The Balaban J connectivity index is 2.50. The van der Waals surface area contributed by atoms with Crippen LogP contribution in [0.25, 0.3) is 0 Å². The summed E-state index contributed by atoms with van der Waals surface area (Å²) in [7, 11) is 0. The van der Waals surface area contributed by atoms with Crippen molar-refractivity contribution in [3.63, 3.8) is 0 Å². The van der Waals surface area contributed by atoms with Crippen LogP contribution in [0.15, 0.2) is 0 Å². The largest absolute Gasteiger partial charge is 0.450 e. The van der Waals surface area contributed by atoms with Crippen molar-refractivity contribution >= 4 is 11.9 Å². The van der Waals surface area contributed by atoms with Crippen LogP contribution in [0.5, 0.6) is 0 Å². The molecule has 1 saturated heterocycles. The van der Waals surface area contributed by atoms with Crippen molar-refractivity contribution < 1.29 is 19.4 Å². The molecular formula is C7H11NO4. The highest BCUT2D eigenvalue weighted by molar-refractivity contribution is 5.90. The number of carbonyl (C=O) groups excluding carboxylic acids is 2. The van der Waals surface area contributed by atoms with Crippen LogP contribution in [0.4, 0.5) is 0 Å². The van der Waals surface area contributed by atoms with E-state index in [1.54, 1.807) is 0 Å². The van der Waals surface area contributed by atoms with Crippen LogP contribution in [-0.2, 0) is 14.3 Å². The number of β-lactam (4-membered cyclic amide) rings is 1. The number of aliphatic hydroxyl groups excluding tert-OH is 1. The first-order valence-corrected chi connectivity index (χ1v) is 3.68. The van der Waals surface area contributed by atoms with Crippen LogP contribution in [0, 0.1) is 0 Å². The average molecular weight is 173 g/mol. The van der Waals surface area contributed by atoms with E-state index in [1.165, 1.54) is 13.8 Å². The van der Waals surface area contributed by atoms with Gasteiger partial charge in [-0.3, -0.25) is 9.59 Å². The van der Waals surface area contributed by atoms with E-state index < -0.39 is 24.2 Å². The maximum Gasteiger partial charge on any atom is 0.303 e. The lowest BCUT2D eigenvalue weighted by atomic mass is 9.97. The van der Waals surface area contributed by atoms with Crippen molar-refractivity contribution in [2.45, 2.75) is 32.1 Å². The Hall–Kier alpha value is -1.10. The van der Waals surface area contributed by atoms with E-state index in [4.69, 9.17) is 5.11 Å². The highest BCUT2D eigenvalue weighted by Gasteiger charge is 2.44. The van der Waals surface area contributed by atoms with E-state index in [1.807, 2.05) is 0 Å². The van der Waals surface area contributed by atoms with E-state index in [0.29, 0.717) is 0 Å². The fraction of sp³-hybridized carbons (Fsp3) is 0.714. The molecule has 0 unspecified atom stereocenters. The average Bonchev–Trinajstić information content (AvgIpc) is 1.95. The van der Waals surface area contributed by atoms with Crippen LogP contribution in [0.2, 0.25) is 0 Å². The van der Waals surface area contributed by atoms with Gasteiger partial charge in [-0.1, -0.05) is 0 Å². The molecule has 1 heterocycles. The molecule has 0 bridgehead atoms. The Kier molecular flexibility index (Phi) is 2.32. The van der Waals surface area contributed by atoms with Crippen LogP contribution in [0.3, 0.4) is 0 Å². The lowest BCUT2D eigenvalue weighted by Crippen LogP contribution is -2.67. The highest BCUT2D eigenvalue weighted by Crippen LogP contribution is 2.14. The van der Waals surface area contributed by atoms with Gasteiger partial charge in [0, 0.05) is 6.92 Å². The Labute approximate surface area is 69.7 Å². The smallest absolute Gasteiger partial charge is 0.303 e. The second-order valence-electron chi connectivity index (χ2n) is 2.81. The van der Waals surface area contributed by atoms with Crippen LogP contribution < -0.4 is 5.32 Å². The molecular weight excluding hydrogens is 162 g/mol. The van der Waals surface area contributed by atoms with E-state index >= 15 is 0 Å². The summed E-state index contributed by atoms with van der Waals surface area (Å²) in [6.07, 6.45) is -1.52. The Morgan fingerprint density at radius 2 is 2.33 bits per heavy atom. The van der Waals surface area contributed by atoms with Gasteiger partial charge in [0.15, 0.2) is 0 Å². The molecule has 12 heavy (non-hydrogen) atoms. The summed E-state index contributed by atoms with van der Waals surface area (Å²) in [5.41, 5.74) is 0. The fourth-order valence-corrected chi connectivity index (χ4v) is 1.07. The third-order valence-corrected chi connectivity index (χ3v) is 1.71. The monoisotopic (exact) mass is 173 g/mol. The van der Waals surface area contributed by atoms with Gasteiger partial charge in [-0.25, -0.2) is 0 Å². The fourth-order valence-electron chi connectivity index (χ4n) is 1.07. The summed E-state index contributed by atoms with van der Waals surface area (Å²) >= 11 is 0. The zero-order chi connectivity index (χ0) is 9.30. The molecule has 2 N–H and O–H groups in total. The summed E-state index contributed by atoms with van der Waals surface area (Å²) in [6.45, 7) is 2.76. The molecule has 68 valence electrons. The van der Waals surface area contributed by atoms with E-state index in [-0.39, 0.29) is 5.91 Å². The molecule has 0 aliphatic carbocycles. The van der Waals surface area contributed by atoms with E-state index in [9.17, 15) is 9.59 Å². The topological polar surface area (TPSA) is 75.6 Å². The summed E-state index contributed by atoms with van der Waals surface area (Å²) in [4.78, 5) is 21.3. The summed E-state index contributed by atoms with van der Waals surface area (Å²) in [5.74, 6) is -0.864. The number of aliphatic hydroxyl groups is 1. The molecule has 0 radical (unpaired) electrons. The van der Waals surface area contributed by atoms with E-state index in [2.05, 4.69) is 10.1 Å². The summed E-state index contributed by atoms with van der Waals surface area (Å²) in [6, 6.07) is -0.457. The zero-order valence-corrected chi connectivity index (χ0v) is 6.90. The van der Waals surface area contributed by atoms with Crippen molar-refractivity contribution in [2.75, 3.05) is 0 Å². The van der Waals surface area contributed by atoms with Gasteiger partial charge in [0.05, 0.1) is 6.10 Å². The predicted octanol–water partition coefficient (Wildman–Crippen LogP) is -1.20. The lowest BCUT2D eigenvalue weighted by molar-refractivity contribution is -0.168. The van der Waals surface area contributed by atoms with Gasteiger partial charge in [-0.05, 0) is 6.92 Å². The standard InChI is InChI=1S/C7H11NO4/c1-3(9)5-6(7(11)8-5)12-4(2)10/h3,5-6,9H,1-2H3,(H,8,11)/t3-,5+,6-/m1/s1. The van der Waals surface area contributed by atoms with Crippen LogP contribution in [0.1, 0.15) is 13.8 Å². The number of esters is 1. The predicted molar refractivity (Wildman–Crippen MR) is 39.2 cm³/mol.